The molecule has 176 valence electrons. The number of anilines is 3. The molecule has 4 rings (SSSR count). The topological polar surface area (TPSA) is 124 Å². The number of halogens is 4. The number of alkyl halides is 3. The minimum absolute atomic E-state index is 0.0353. The highest BCUT2D eigenvalue weighted by molar-refractivity contribution is 6.00. The van der Waals surface area contributed by atoms with E-state index in [2.05, 4.69) is 20.6 Å². The van der Waals surface area contributed by atoms with E-state index >= 15 is 0 Å². The van der Waals surface area contributed by atoms with Gasteiger partial charge in [0, 0.05) is 29.9 Å². The summed E-state index contributed by atoms with van der Waals surface area (Å²) in [6.07, 6.45) is 1.66. The lowest BCUT2D eigenvalue weighted by Crippen LogP contribution is -2.43. The molecule has 1 aliphatic carbocycles. The van der Waals surface area contributed by atoms with Crippen LogP contribution in [0.1, 0.15) is 36.0 Å². The predicted octanol–water partition coefficient (Wildman–Crippen LogP) is 3.66. The lowest BCUT2D eigenvalue weighted by molar-refractivity contribution is -0.139. The Bertz CT molecular complexity index is 1180. The highest BCUT2D eigenvalue weighted by Gasteiger charge is 2.29. The number of carbonyl (C=O) groups excluding carboxylic acids is 1. The van der Waals surface area contributed by atoms with Crippen molar-refractivity contribution in [1.29, 1.82) is 0 Å². The van der Waals surface area contributed by atoms with Crippen LogP contribution in [-0.2, 0) is 6.54 Å². The summed E-state index contributed by atoms with van der Waals surface area (Å²) in [5.74, 6) is -1.80. The molecule has 0 bridgehead atoms. The van der Waals surface area contributed by atoms with Gasteiger partial charge in [-0.2, -0.15) is 13.2 Å². The van der Waals surface area contributed by atoms with Crippen molar-refractivity contribution in [2.24, 2.45) is 11.5 Å². The van der Waals surface area contributed by atoms with Crippen molar-refractivity contribution >= 4 is 34.3 Å². The first kappa shape index (κ1) is 22.8. The van der Waals surface area contributed by atoms with Crippen molar-refractivity contribution in [3.8, 4) is 0 Å². The Kier molecular flexibility index (Phi) is 6.11. The van der Waals surface area contributed by atoms with E-state index in [4.69, 9.17) is 11.5 Å². The highest BCUT2D eigenvalue weighted by Crippen LogP contribution is 2.31. The molecule has 3 heterocycles. The Morgan fingerprint density at radius 3 is 2.67 bits per heavy atom. The molecule has 3 aromatic heterocycles. The number of hydrogen-bond donors (Lipinski definition) is 4. The molecule has 1 aliphatic rings. The van der Waals surface area contributed by atoms with Gasteiger partial charge in [-0.3, -0.25) is 4.79 Å². The first-order valence-corrected chi connectivity index (χ1v) is 10.4. The molecule has 0 saturated heterocycles. The van der Waals surface area contributed by atoms with E-state index in [1.54, 1.807) is 0 Å². The van der Waals surface area contributed by atoms with Gasteiger partial charge in [0.05, 0.1) is 11.3 Å². The van der Waals surface area contributed by atoms with Crippen molar-refractivity contribution < 1.29 is 22.4 Å². The largest absolute Gasteiger partial charge is 0.406 e. The minimum Gasteiger partial charge on any atom is -0.365 e. The third-order valence-electron chi connectivity index (χ3n) is 5.65. The normalized spacial score (nSPS) is 18.9. The van der Waals surface area contributed by atoms with E-state index in [1.807, 2.05) is 0 Å². The molecular formula is C21H23F4N7O. The lowest BCUT2D eigenvalue weighted by Gasteiger charge is -2.30. The lowest BCUT2D eigenvalue weighted by atomic mass is 9.91. The quantitative estimate of drug-likeness (QED) is 0.412. The predicted molar refractivity (Wildman–Crippen MR) is 116 cm³/mol. The molecule has 0 radical (unpaired) electrons. The summed E-state index contributed by atoms with van der Waals surface area (Å²) in [6, 6.07) is 3.60. The fourth-order valence-corrected chi connectivity index (χ4v) is 4.04. The fourth-order valence-electron chi connectivity index (χ4n) is 4.04. The number of nitrogens with one attached hydrogen (secondary N) is 2. The van der Waals surface area contributed by atoms with E-state index in [-0.39, 0.29) is 34.9 Å². The van der Waals surface area contributed by atoms with Crippen LogP contribution in [0.15, 0.2) is 30.6 Å². The summed E-state index contributed by atoms with van der Waals surface area (Å²) in [6.45, 7) is -1.20. The summed E-state index contributed by atoms with van der Waals surface area (Å²) in [5.41, 5.74) is 11.8. The first-order chi connectivity index (χ1) is 15.6. The van der Waals surface area contributed by atoms with Crippen LogP contribution in [-0.4, -0.2) is 38.7 Å². The molecule has 12 heteroatoms. The van der Waals surface area contributed by atoms with Crippen molar-refractivity contribution in [2.45, 2.75) is 50.5 Å². The number of hydrogen-bond acceptors (Lipinski definition) is 6. The van der Waals surface area contributed by atoms with Gasteiger partial charge in [-0.25, -0.2) is 14.4 Å². The van der Waals surface area contributed by atoms with Gasteiger partial charge < -0.3 is 26.7 Å². The molecule has 2 unspecified atom stereocenters. The van der Waals surface area contributed by atoms with Gasteiger partial charge in [0.1, 0.15) is 18.0 Å². The van der Waals surface area contributed by atoms with E-state index < -0.39 is 24.4 Å². The summed E-state index contributed by atoms with van der Waals surface area (Å²) in [7, 11) is 0. The zero-order chi connectivity index (χ0) is 23.8. The molecule has 1 amide bonds. The van der Waals surface area contributed by atoms with Gasteiger partial charge >= 0.3 is 6.18 Å². The summed E-state index contributed by atoms with van der Waals surface area (Å²) in [5, 5.41) is 6.29. The Morgan fingerprint density at radius 1 is 1.21 bits per heavy atom. The first-order valence-electron chi connectivity index (χ1n) is 10.4. The van der Waals surface area contributed by atoms with Crippen LogP contribution in [0.5, 0.6) is 0 Å². The van der Waals surface area contributed by atoms with Gasteiger partial charge in [0.15, 0.2) is 11.6 Å². The SMILES string of the molecule is NC(=O)c1cc(F)c(NC2CCCCC2N)nc1Nc1ccnc2c1ccn2CC(F)(F)F. The van der Waals surface area contributed by atoms with Crippen LogP contribution in [0.25, 0.3) is 11.0 Å². The third kappa shape index (κ3) is 5.00. The minimum atomic E-state index is -4.42. The molecule has 6 N–H and O–H groups in total. The number of rotatable bonds is 6. The number of amides is 1. The van der Waals surface area contributed by atoms with Gasteiger partial charge in [-0.05, 0) is 31.0 Å². The zero-order valence-electron chi connectivity index (χ0n) is 17.5. The van der Waals surface area contributed by atoms with Crippen molar-refractivity contribution in [2.75, 3.05) is 10.6 Å². The second kappa shape index (κ2) is 8.85. The van der Waals surface area contributed by atoms with Gasteiger partial charge in [-0.1, -0.05) is 12.8 Å². The highest BCUT2D eigenvalue weighted by atomic mass is 19.4. The summed E-state index contributed by atoms with van der Waals surface area (Å²) < 4.78 is 54.3. The number of carbonyl (C=O) groups is 1. The number of aromatic nitrogens is 3. The second-order valence-corrected chi connectivity index (χ2v) is 8.06. The number of nitrogens with two attached hydrogens (primary N) is 2. The monoisotopic (exact) mass is 465 g/mol. The fraction of sp³-hybridized carbons (Fsp3) is 0.381. The number of fused-ring (bicyclic) bond motifs is 1. The Labute approximate surface area is 186 Å². The van der Waals surface area contributed by atoms with Crippen LogP contribution in [0.3, 0.4) is 0 Å². The van der Waals surface area contributed by atoms with Gasteiger partial charge in [0.25, 0.3) is 5.91 Å². The van der Waals surface area contributed by atoms with Crippen LogP contribution < -0.4 is 22.1 Å². The standard InChI is InChI=1S/C21H23F4N7O/c22-13-9-12(17(27)33)18(31-19(13)30-16-4-2-1-3-14(16)26)29-15-5-7-28-20-11(15)6-8-32(20)10-21(23,24)25/h5-9,14,16H,1-4,10,26H2,(H2,27,33)(H2,28,29,30,31). The molecular weight excluding hydrogens is 442 g/mol. The molecule has 1 saturated carbocycles. The molecule has 1 fully saturated rings. The number of pyridine rings is 2. The van der Waals surface area contributed by atoms with Crippen molar-refractivity contribution in [3.63, 3.8) is 0 Å². The Hall–Kier alpha value is -3.41. The Balaban J connectivity index is 1.69. The van der Waals surface area contributed by atoms with Gasteiger partial charge in [-0.15, -0.1) is 0 Å². The molecule has 3 aromatic rings. The van der Waals surface area contributed by atoms with Crippen LogP contribution in [0.4, 0.5) is 34.9 Å². The van der Waals surface area contributed by atoms with Crippen LogP contribution in [0.2, 0.25) is 0 Å². The molecule has 0 spiro atoms. The zero-order valence-corrected chi connectivity index (χ0v) is 17.5. The van der Waals surface area contributed by atoms with E-state index in [1.165, 1.54) is 24.5 Å². The summed E-state index contributed by atoms with van der Waals surface area (Å²) >= 11 is 0. The maximum Gasteiger partial charge on any atom is 0.406 e. The summed E-state index contributed by atoms with van der Waals surface area (Å²) in [4.78, 5) is 20.2. The van der Waals surface area contributed by atoms with E-state index in [0.29, 0.717) is 11.1 Å². The number of nitrogens with zero attached hydrogens (tertiary/aromatic N) is 3. The van der Waals surface area contributed by atoms with Crippen molar-refractivity contribution in [3.05, 3.63) is 42.0 Å². The van der Waals surface area contributed by atoms with E-state index in [9.17, 15) is 22.4 Å². The van der Waals surface area contributed by atoms with Crippen LogP contribution in [0, 0.1) is 5.82 Å². The smallest absolute Gasteiger partial charge is 0.365 e. The average Bonchev–Trinajstić information content (AvgIpc) is 3.14. The molecule has 0 aromatic carbocycles. The maximum absolute atomic E-state index is 14.7. The number of primary amides is 1. The van der Waals surface area contributed by atoms with Crippen LogP contribution >= 0.6 is 0 Å². The Morgan fingerprint density at radius 2 is 1.97 bits per heavy atom. The second-order valence-electron chi connectivity index (χ2n) is 8.06. The van der Waals surface area contributed by atoms with Gasteiger partial charge in [0.2, 0.25) is 0 Å². The molecule has 2 atom stereocenters. The van der Waals surface area contributed by atoms with Crippen molar-refractivity contribution in [1.82, 2.24) is 14.5 Å². The molecule has 33 heavy (non-hydrogen) atoms. The van der Waals surface area contributed by atoms with E-state index in [0.717, 1.165) is 36.3 Å². The third-order valence-corrected chi connectivity index (χ3v) is 5.65. The average molecular weight is 465 g/mol. The molecule has 0 aliphatic heterocycles. The maximum atomic E-state index is 14.7. The molecule has 8 nitrogen and oxygen atoms in total.